The number of aliphatic imine (C=N–C) groups is 1. The van der Waals surface area contributed by atoms with E-state index < -0.39 is 5.97 Å². The Morgan fingerprint density at radius 3 is 2.21 bits per heavy atom. The molecule has 1 heterocycles. The van der Waals surface area contributed by atoms with E-state index in [1.807, 2.05) is 36.4 Å². The number of cyclic esters (lactones) is 1. The van der Waals surface area contributed by atoms with Crippen molar-refractivity contribution in [2.75, 3.05) is 0 Å². The summed E-state index contributed by atoms with van der Waals surface area (Å²) >= 11 is 3.38. The van der Waals surface area contributed by atoms with E-state index in [-0.39, 0.29) is 5.41 Å². The fourth-order valence-corrected chi connectivity index (χ4v) is 2.63. The maximum Gasteiger partial charge on any atom is 0.363 e. The van der Waals surface area contributed by atoms with Crippen LogP contribution in [0.3, 0.4) is 0 Å². The van der Waals surface area contributed by atoms with Crippen molar-refractivity contribution in [3.8, 4) is 0 Å². The topological polar surface area (TPSA) is 38.7 Å². The van der Waals surface area contributed by atoms with E-state index in [0.29, 0.717) is 11.6 Å². The van der Waals surface area contributed by atoms with Gasteiger partial charge >= 0.3 is 5.97 Å². The lowest BCUT2D eigenvalue weighted by atomic mass is 9.87. The molecular formula is C20H18BrNO2. The van der Waals surface area contributed by atoms with E-state index in [1.54, 1.807) is 6.08 Å². The van der Waals surface area contributed by atoms with Gasteiger partial charge in [-0.05, 0) is 46.9 Å². The smallest absolute Gasteiger partial charge is 0.363 e. The van der Waals surface area contributed by atoms with Gasteiger partial charge in [0.15, 0.2) is 5.70 Å². The van der Waals surface area contributed by atoms with E-state index in [2.05, 4.69) is 53.8 Å². The molecule has 0 radical (unpaired) electrons. The molecule has 24 heavy (non-hydrogen) atoms. The van der Waals surface area contributed by atoms with Gasteiger partial charge in [0.2, 0.25) is 5.90 Å². The van der Waals surface area contributed by atoms with Crippen LogP contribution < -0.4 is 0 Å². The lowest BCUT2D eigenvalue weighted by Gasteiger charge is -2.18. The predicted octanol–water partition coefficient (Wildman–Crippen LogP) is 5.09. The van der Waals surface area contributed by atoms with Crippen LogP contribution in [0.4, 0.5) is 0 Å². The molecule has 1 aliphatic heterocycles. The van der Waals surface area contributed by atoms with Crippen LogP contribution in [-0.4, -0.2) is 11.9 Å². The molecule has 3 nitrogen and oxygen atoms in total. The van der Waals surface area contributed by atoms with Crippen LogP contribution in [-0.2, 0) is 14.9 Å². The third-order valence-electron chi connectivity index (χ3n) is 3.79. The van der Waals surface area contributed by atoms with Gasteiger partial charge in [0.05, 0.1) is 0 Å². The molecule has 0 saturated carbocycles. The number of carbonyl (C=O) groups excluding carboxylic acids is 1. The lowest BCUT2D eigenvalue weighted by molar-refractivity contribution is -0.129. The number of hydrogen-bond acceptors (Lipinski definition) is 3. The van der Waals surface area contributed by atoms with E-state index >= 15 is 0 Å². The first kappa shape index (κ1) is 16.7. The largest absolute Gasteiger partial charge is 0.402 e. The van der Waals surface area contributed by atoms with E-state index in [1.165, 1.54) is 5.56 Å². The summed E-state index contributed by atoms with van der Waals surface area (Å²) in [5, 5.41) is 0. The normalized spacial score (nSPS) is 16.2. The number of rotatable bonds is 2. The lowest BCUT2D eigenvalue weighted by Crippen LogP contribution is -2.10. The molecule has 0 unspecified atom stereocenters. The minimum atomic E-state index is -0.423. The van der Waals surface area contributed by atoms with Crippen molar-refractivity contribution in [3.05, 3.63) is 75.4 Å². The second-order valence-electron chi connectivity index (χ2n) is 6.71. The van der Waals surface area contributed by atoms with Gasteiger partial charge in [-0.2, -0.15) is 0 Å². The first-order valence-electron chi connectivity index (χ1n) is 7.72. The average molecular weight is 384 g/mol. The van der Waals surface area contributed by atoms with Crippen molar-refractivity contribution in [1.29, 1.82) is 0 Å². The third-order valence-corrected chi connectivity index (χ3v) is 4.32. The van der Waals surface area contributed by atoms with Gasteiger partial charge in [-0.3, -0.25) is 0 Å². The molecule has 0 spiro atoms. The van der Waals surface area contributed by atoms with Crippen LogP contribution in [0.25, 0.3) is 6.08 Å². The van der Waals surface area contributed by atoms with Crippen LogP contribution in [0.2, 0.25) is 0 Å². The Morgan fingerprint density at radius 2 is 1.62 bits per heavy atom. The van der Waals surface area contributed by atoms with Gasteiger partial charge < -0.3 is 4.74 Å². The van der Waals surface area contributed by atoms with Crippen LogP contribution in [0.5, 0.6) is 0 Å². The molecule has 0 N–H and O–H groups in total. The van der Waals surface area contributed by atoms with Crippen molar-refractivity contribution in [1.82, 2.24) is 0 Å². The molecule has 0 atom stereocenters. The van der Waals surface area contributed by atoms with Gasteiger partial charge in [-0.1, -0.05) is 61.0 Å². The zero-order valence-electron chi connectivity index (χ0n) is 13.8. The van der Waals surface area contributed by atoms with Crippen molar-refractivity contribution >= 4 is 33.9 Å². The molecular weight excluding hydrogens is 366 g/mol. The van der Waals surface area contributed by atoms with Gasteiger partial charge in [0, 0.05) is 10.0 Å². The minimum absolute atomic E-state index is 0.102. The van der Waals surface area contributed by atoms with Crippen LogP contribution in [0, 0.1) is 0 Å². The standard InChI is InChI=1S/C20H18BrNO2/c1-20(2,3)15-8-4-13(5-9-15)12-17-19(23)24-18(22-17)14-6-10-16(21)11-7-14/h4-12H,1-3H3/b17-12-. The summed E-state index contributed by atoms with van der Waals surface area (Å²) in [7, 11) is 0. The first-order chi connectivity index (χ1) is 11.3. The molecule has 2 aromatic carbocycles. The highest BCUT2D eigenvalue weighted by molar-refractivity contribution is 9.10. The molecule has 0 aromatic heterocycles. The molecule has 0 amide bonds. The molecule has 3 rings (SSSR count). The Hall–Kier alpha value is -2.20. The number of halogens is 1. The van der Waals surface area contributed by atoms with Gasteiger partial charge in [0.25, 0.3) is 0 Å². The Balaban J connectivity index is 1.87. The Kier molecular flexibility index (Phi) is 4.41. The fourth-order valence-electron chi connectivity index (χ4n) is 2.36. The molecule has 122 valence electrons. The zero-order chi connectivity index (χ0) is 17.3. The maximum absolute atomic E-state index is 12.0. The summed E-state index contributed by atoms with van der Waals surface area (Å²) in [5.74, 6) is -0.0853. The maximum atomic E-state index is 12.0. The number of esters is 1. The quantitative estimate of drug-likeness (QED) is 0.534. The highest BCUT2D eigenvalue weighted by Crippen LogP contribution is 2.24. The monoisotopic (exact) mass is 383 g/mol. The number of hydrogen-bond donors (Lipinski definition) is 0. The molecule has 0 aliphatic carbocycles. The third kappa shape index (κ3) is 3.65. The summed E-state index contributed by atoms with van der Waals surface area (Å²) in [4.78, 5) is 16.4. The summed E-state index contributed by atoms with van der Waals surface area (Å²) in [6, 6.07) is 15.6. The van der Waals surface area contributed by atoms with Gasteiger partial charge in [-0.15, -0.1) is 0 Å². The van der Waals surface area contributed by atoms with E-state index in [4.69, 9.17) is 4.74 Å². The number of nitrogens with zero attached hydrogens (tertiary/aromatic N) is 1. The van der Waals surface area contributed by atoms with Crippen molar-refractivity contribution < 1.29 is 9.53 Å². The molecule has 0 bridgehead atoms. The molecule has 0 fully saturated rings. The van der Waals surface area contributed by atoms with E-state index in [9.17, 15) is 4.79 Å². The number of carbonyl (C=O) groups is 1. The van der Waals surface area contributed by atoms with Crippen LogP contribution in [0.1, 0.15) is 37.5 Å². The highest BCUT2D eigenvalue weighted by Gasteiger charge is 2.24. The number of ether oxygens (including phenoxy) is 1. The summed E-state index contributed by atoms with van der Waals surface area (Å²) in [6.45, 7) is 6.51. The Bertz CT molecular complexity index is 825. The Labute approximate surface area is 150 Å². The number of benzene rings is 2. The van der Waals surface area contributed by atoms with Crippen LogP contribution >= 0.6 is 15.9 Å². The molecule has 4 heteroatoms. The van der Waals surface area contributed by atoms with Crippen molar-refractivity contribution in [2.45, 2.75) is 26.2 Å². The predicted molar refractivity (Wildman–Crippen MR) is 99.9 cm³/mol. The van der Waals surface area contributed by atoms with Gasteiger partial charge in [-0.25, -0.2) is 9.79 Å². The fraction of sp³-hybridized carbons (Fsp3) is 0.200. The zero-order valence-corrected chi connectivity index (χ0v) is 15.4. The SMILES string of the molecule is CC(C)(C)c1ccc(/C=C2\N=C(c3ccc(Br)cc3)OC2=O)cc1. The highest BCUT2D eigenvalue weighted by atomic mass is 79.9. The minimum Gasteiger partial charge on any atom is -0.402 e. The summed E-state index contributed by atoms with van der Waals surface area (Å²) < 4.78 is 6.24. The van der Waals surface area contributed by atoms with Gasteiger partial charge in [0.1, 0.15) is 0 Å². The second-order valence-corrected chi connectivity index (χ2v) is 7.63. The second kappa shape index (κ2) is 6.36. The average Bonchev–Trinajstić information content (AvgIpc) is 2.89. The summed E-state index contributed by atoms with van der Waals surface area (Å²) in [5.41, 5.74) is 3.37. The van der Waals surface area contributed by atoms with Crippen molar-refractivity contribution in [2.24, 2.45) is 4.99 Å². The Morgan fingerprint density at radius 1 is 1.00 bits per heavy atom. The van der Waals surface area contributed by atoms with E-state index in [0.717, 1.165) is 15.6 Å². The molecule has 2 aromatic rings. The molecule has 1 aliphatic rings. The van der Waals surface area contributed by atoms with Crippen molar-refractivity contribution in [3.63, 3.8) is 0 Å². The molecule has 0 saturated heterocycles. The van der Waals surface area contributed by atoms with Crippen LogP contribution in [0.15, 0.2) is 63.7 Å². The summed E-state index contributed by atoms with van der Waals surface area (Å²) in [6.07, 6.45) is 1.75. The first-order valence-corrected chi connectivity index (χ1v) is 8.51.